The van der Waals surface area contributed by atoms with Gasteiger partial charge >= 0.3 is 0 Å². The Bertz CT molecular complexity index is 626. The summed E-state index contributed by atoms with van der Waals surface area (Å²) in [5.41, 5.74) is 9.63. The zero-order valence-corrected chi connectivity index (χ0v) is 11.5. The van der Waals surface area contributed by atoms with Crippen molar-refractivity contribution in [2.75, 3.05) is 0 Å². The van der Waals surface area contributed by atoms with Crippen LogP contribution in [0.4, 0.5) is 4.39 Å². The number of aryl methyl sites for hydroxylation is 2. The van der Waals surface area contributed by atoms with Gasteiger partial charge in [0.2, 0.25) is 0 Å². The van der Waals surface area contributed by atoms with E-state index in [2.05, 4.69) is 6.07 Å². The molecule has 2 atom stereocenters. The fraction of sp³-hybridized carbons (Fsp3) is 0.294. The molecule has 2 unspecified atom stereocenters. The Morgan fingerprint density at radius 1 is 1.20 bits per heavy atom. The smallest absolute Gasteiger partial charge is 0.165 e. The largest absolute Gasteiger partial charge is 0.485 e. The van der Waals surface area contributed by atoms with Gasteiger partial charge in [-0.3, -0.25) is 0 Å². The number of ether oxygens (including phenoxy) is 1. The van der Waals surface area contributed by atoms with E-state index in [1.54, 1.807) is 12.1 Å². The predicted octanol–water partition coefficient (Wildman–Crippen LogP) is 3.53. The van der Waals surface area contributed by atoms with Crippen molar-refractivity contribution in [3.05, 3.63) is 65.0 Å². The van der Waals surface area contributed by atoms with Crippen LogP contribution >= 0.6 is 0 Å². The van der Waals surface area contributed by atoms with Crippen molar-refractivity contribution >= 4 is 0 Å². The van der Waals surface area contributed by atoms with Gasteiger partial charge in [-0.1, -0.05) is 30.3 Å². The van der Waals surface area contributed by atoms with Crippen molar-refractivity contribution in [1.29, 1.82) is 0 Å². The first-order chi connectivity index (χ1) is 9.65. The monoisotopic (exact) mass is 271 g/mol. The van der Waals surface area contributed by atoms with Gasteiger partial charge in [-0.25, -0.2) is 4.39 Å². The SMILES string of the molecule is Cc1ccc(F)c(OC2CCc3ccccc3C2N)c1. The molecule has 0 saturated heterocycles. The van der Waals surface area contributed by atoms with E-state index in [1.165, 1.54) is 11.6 Å². The van der Waals surface area contributed by atoms with Crippen molar-refractivity contribution in [3.8, 4) is 5.75 Å². The van der Waals surface area contributed by atoms with Crippen LogP contribution in [0, 0.1) is 12.7 Å². The fourth-order valence-electron chi connectivity index (χ4n) is 2.76. The third-order valence-electron chi connectivity index (χ3n) is 3.88. The second-order valence-corrected chi connectivity index (χ2v) is 5.35. The average Bonchev–Trinajstić information content (AvgIpc) is 2.46. The minimum Gasteiger partial charge on any atom is -0.485 e. The average molecular weight is 271 g/mol. The van der Waals surface area contributed by atoms with Gasteiger partial charge in [0.05, 0.1) is 6.04 Å². The molecule has 3 rings (SSSR count). The molecular weight excluding hydrogens is 253 g/mol. The van der Waals surface area contributed by atoms with E-state index in [0.717, 1.165) is 24.0 Å². The maximum Gasteiger partial charge on any atom is 0.165 e. The summed E-state index contributed by atoms with van der Waals surface area (Å²) < 4.78 is 19.6. The van der Waals surface area contributed by atoms with Crippen molar-refractivity contribution < 1.29 is 9.13 Å². The molecule has 0 radical (unpaired) electrons. The first-order valence-corrected chi connectivity index (χ1v) is 6.91. The molecule has 0 fully saturated rings. The van der Waals surface area contributed by atoms with Gasteiger partial charge in [-0.05, 0) is 48.6 Å². The van der Waals surface area contributed by atoms with Gasteiger partial charge in [0.1, 0.15) is 6.10 Å². The maximum absolute atomic E-state index is 13.8. The van der Waals surface area contributed by atoms with Crippen molar-refractivity contribution in [2.24, 2.45) is 5.73 Å². The molecule has 2 nitrogen and oxygen atoms in total. The van der Waals surface area contributed by atoms with Gasteiger partial charge < -0.3 is 10.5 Å². The molecule has 0 heterocycles. The Hall–Kier alpha value is -1.87. The summed E-state index contributed by atoms with van der Waals surface area (Å²) in [6, 6.07) is 12.8. The minimum absolute atomic E-state index is 0.179. The van der Waals surface area contributed by atoms with Crippen LogP contribution in [0.3, 0.4) is 0 Å². The summed E-state index contributed by atoms with van der Waals surface area (Å²) in [6.07, 6.45) is 1.55. The van der Waals surface area contributed by atoms with E-state index in [9.17, 15) is 4.39 Å². The van der Waals surface area contributed by atoms with Crippen molar-refractivity contribution in [3.63, 3.8) is 0 Å². The molecule has 0 bridgehead atoms. The summed E-state index contributed by atoms with van der Waals surface area (Å²) in [5.74, 6) is -0.0357. The Balaban J connectivity index is 1.84. The van der Waals surface area contributed by atoms with Crippen LogP contribution in [0.15, 0.2) is 42.5 Å². The van der Waals surface area contributed by atoms with Crippen LogP contribution in [0.5, 0.6) is 5.75 Å². The summed E-state index contributed by atoms with van der Waals surface area (Å²) in [7, 11) is 0. The van der Waals surface area contributed by atoms with Crippen molar-refractivity contribution in [2.45, 2.75) is 31.9 Å². The lowest BCUT2D eigenvalue weighted by Gasteiger charge is -2.31. The minimum atomic E-state index is -0.332. The Labute approximate surface area is 118 Å². The molecule has 0 aromatic heterocycles. The predicted molar refractivity (Wildman–Crippen MR) is 77.2 cm³/mol. The molecule has 104 valence electrons. The first-order valence-electron chi connectivity index (χ1n) is 6.91. The zero-order chi connectivity index (χ0) is 14.1. The summed E-state index contributed by atoms with van der Waals surface area (Å²) in [4.78, 5) is 0. The van der Waals surface area contributed by atoms with E-state index < -0.39 is 0 Å². The molecule has 2 N–H and O–H groups in total. The first kappa shape index (κ1) is 13.1. The lowest BCUT2D eigenvalue weighted by atomic mass is 9.86. The molecule has 20 heavy (non-hydrogen) atoms. The van der Waals surface area contributed by atoms with Gasteiger partial charge in [0, 0.05) is 0 Å². The third-order valence-corrected chi connectivity index (χ3v) is 3.88. The number of hydrogen-bond donors (Lipinski definition) is 1. The maximum atomic E-state index is 13.8. The topological polar surface area (TPSA) is 35.2 Å². The van der Waals surface area contributed by atoms with Gasteiger partial charge in [0.25, 0.3) is 0 Å². The zero-order valence-electron chi connectivity index (χ0n) is 11.5. The van der Waals surface area contributed by atoms with Crippen LogP contribution < -0.4 is 10.5 Å². The molecule has 0 spiro atoms. The quantitative estimate of drug-likeness (QED) is 0.907. The number of hydrogen-bond acceptors (Lipinski definition) is 2. The van der Waals surface area contributed by atoms with E-state index in [0.29, 0.717) is 5.75 Å². The van der Waals surface area contributed by atoms with Crippen LogP contribution in [-0.4, -0.2) is 6.10 Å². The third kappa shape index (κ3) is 2.41. The lowest BCUT2D eigenvalue weighted by Crippen LogP contribution is -2.36. The normalized spacial score (nSPS) is 21.4. The van der Waals surface area contributed by atoms with E-state index in [4.69, 9.17) is 10.5 Å². The van der Waals surface area contributed by atoms with Crippen molar-refractivity contribution in [1.82, 2.24) is 0 Å². The highest BCUT2D eigenvalue weighted by Crippen LogP contribution is 2.32. The standard InChI is InChI=1S/C17H18FNO/c1-11-6-8-14(18)16(10-11)20-15-9-7-12-4-2-3-5-13(12)17(15)19/h2-6,8,10,15,17H,7,9,19H2,1H3. The number of rotatable bonds is 2. The molecule has 1 aliphatic rings. The molecule has 3 heteroatoms. The second-order valence-electron chi connectivity index (χ2n) is 5.35. The Morgan fingerprint density at radius 2 is 2.00 bits per heavy atom. The van der Waals surface area contributed by atoms with Crippen LogP contribution in [0.25, 0.3) is 0 Å². The molecule has 0 amide bonds. The molecule has 0 aliphatic heterocycles. The highest BCUT2D eigenvalue weighted by atomic mass is 19.1. The molecule has 0 saturated carbocycles. The number of nitrogens with two attached hydrogens (primary N) is 1. The lowest BCUT2D eigenvalue weighted by molar-refractivity contribution is 0.147. The van der Waals surface area contributed by atoms with Crippen LogP contribution in [0.2, 0.25) is 0 Å². The van der Waals surface area contributed by atoms with Crippen LogP contribution in [0.1, 0.15) is 29.2 Å². The summed E-state index contributed by atoms with van der Waals surface area (Å²) >= 11 is 0. The highest BCUT2D eigenvalue weighted by Gasteiger charge is 2.28. The summed E-state index contributed by atoms with van der Waals surface area (Å²) in [5, 5.41) is 0. The summed E-state index contributed by atoms with van der Waals surface area (Å²) in [6.45, 7) is 1.92. The molecule has 2 aromatic rings. The second kappa shape index (κ2) is 5.25. The number of benzene rings is 2. The highest BCUT2D eigenvalue weighted by molar-refractivity contribution is 5.35. The van der Waals surface area contributed by atoms with Gasteiger partial charge in [-0.15, -0.1) is 0 Å². The van der Waals surface area contributed by atoms with Gasteiger partial charge in [0.15, 0.2) is 11.6 Å². The van der Waals surface area contributed by atoms with Gasteiger partial charge in [-0.2, -0.15) is 0 Å². The molecule has 2 aromatic carbocycles. The molecular formula is C17H18FNO. The Kier molecular flexibility index (Phi) is 3.45. The number of halogens is 1. The molecule has 1 aliphatic carbocycles. The fourth-order valence-corrected chi connectivity index (χ4v) is 2.76. The van der Waals surface area contributed by atoms with E-state index in [1.807, 2.05) is 25.1 Å². The van der Waals surface area contributed by atoms with Crippen LogP contribution in [-0.2, 0) is 6.42 Å². The Morgan fingerprint density at radius 3 is 2.85 bits per heavy atom. The van der Waals surface area contributed by atoms with E-state index in [-0.39, 0.29) is 18.0 Å². The van der Waals surface area contributed by atoms with E-state index >= 15 is 0 Å². The number of fused-ring (bicyclic) bond motifs is 1.